The van der Waals surface area contributed by atoms with Gasteiger partial charge in [-0.15, -0.1) is 0 Å². The van der Waals surface area contributed by atoms with Gasteiger partial charge in [-0.3, -0.25) is 0 Å². The maximum atomic E-state index is 9.44. The second-order valence-electron chi connectivity index (χ2n) is 4.44. The highest BCUT2D eigenvalue weighted by Crippen LogP contribution is 2.31. The SMILES string of the molecule is Cc1ccc(C(C#N)c2ccccc2C)c(Cl)c1. The summed E-state index contributed by atoms with van der Waals surface area (Å²) < 4.78 is 0. The maximum Gasteiger partial charge on any atom is 0.0979 e. The summed E-state index contributed by atoms with van der Waals surface area (Å²) in [5.74, 6) is -0.306. The average molecular weight is 256 g/mol. The van der Waals surface area contributed by atoms with Crippen LogP contribution >= 0.6 is 11.6 Å². The van der Waals surface area contributed by atoms with Crippen LogP contribution in [0.1, 0.15) is 28.2 Å². The summed E-state index contributed by atoms with van der Waals surface area (Å²) in [5, 5.41) is 10.1. The third kappa shape index (κ3) is 2.39. The Labute approximate surface area is 113 Å². The Bertz CT molecular complexity index is 611. The zero-order valence-electron chi connectivity index (χ0n) is 10.4. The number of hydrogen-bond acceptors (Lipinski definition) is 1. The van der Waals surface area contributed by atoms with Gasteiger partial charge in [0.1, 0.15) is 0 Å². The number of benzene rings is 2. The molecule has 1 unspecified atom stereocenters. The summed E-state index contributed by atoms with van der Waals surface area (Å²) in [6.07, 6.45) is 0. The van der Waals surface area contributed by atoms with E-state index in [1.807, 2.05) is 56.3 Å². The van der Waals surface area contributed by atoms with Gasteiger partial charge in [-0.2, -0.15) is 5.26 Å². The minimum atomic E-state index is -0.306. The first-order chi connectivity index (χ1) is 8.63. The molecule has 0 saturated heterocycles. The van der Waals surface area contributed by atoms with E-state index < -0.39 is 0 Å². The van der Waals surface area contributed by atoms with Crippen molar-refractivity contribution in [1.82, 2.24) is 0 Å². The predicted molar refractivity (Wildman–Crippen MR) is 74.8 cm³/mol. The van der Waals surface area contributed by atoms with E-state index in [0.29, 0.717) is 5.02 Å². The number of nitrogens with zero attached hydrogens (tertiary/aromatic N) is 1. The molecule has 0 aromatic heterocycles. The molecule has 2 rings (SSSR count). The van der Waals surface area contributed by atoms with Crippen LogP contribution in [0.5, 0.6) is 0 Å². The van der Waals surface area contributed by atoms with E-state index in [4.69, 9.17) is 11.6 Å². The minimum absolute atomic E-state index is 0.306. The Morgan fingerprint density at radius 1 is 1.06 bits per heavy atom. The molecule has 0 heterocycles. The lowest BCUT2D eigenvalue weighted by atomic mass is 9.89. The predicted octanol–water partition coefficient (Wildman–Crippen LogP) is 4.61. The van der Waals surface area contributed by atoms with E-state index in [1.54, 1.807) is 0 Å². The van der Waals surface area contributed by atoms with Crippen LogP contribution in [0.15, 0.2) is 42.5 Å². The molecule has 2 aromatic rings. The molecule has 0 aliphatic heterocycles. The largest absolute Gasteiger partial charge is 0.197 e. The fourth-order valence-electron chi connectivity index (χ4n) is 2.08. The monoisotopic (exact) mass is 255 g/mol. The Morgan fingerprint density at radius 3 is 2.39 bits per heavy atom. The van der Waals surface area contributed by atoms with Crippen molar-refractivity contribution in [1.29, 1.82) is 5.26 Å². The maximum absolute atomic E-state index is 9.44. The summed E-state index contributed by atoms with van der Waals surface area (Å²) in [6.45, 7) is 4.01. The van der Waals surface area contributed by atoms with Crippen molar-refractivity contribution in [3.8, 4) is 6.07 Å². The summed E-state index contributed by atoms with van der Waals surface area (Å²) >= 11 is 6.25. The number of halogens is 1. The molecule has 0 amide bonds. The molecule has 0 aliphatic carbocycles. The topological polar surface area (TPSA) is 23.8 Å². The average Bonchev–Trinajstić information content (AvgIpc) is 2.34. The van der Waals surface area contributed by atoms with Crippen molar-refractivity contribution in [2.75, 3.05) is 0 Å². The van der Waals surface area contributed by atoms with Crippen LogP contribution in [-0.4, -0.2) is 0 Å². The van der Waals surface area contributed by atoms with E-state index in [2.05, 4.69) is 6.07 Å². The molecule has 0 radical (unpaired) electrons. The zero-order valence-corrected chi connectivity index (χ0v) is 11.2. The van der Waals surface area contributed by atoms with Gasteiger partial charge in [0.25, 0.3) is 0 Å². The van der Waals surface area contributed by atoms with Crippen molar-refractivity contribution >= 4 is 11.6 Å². The van der Waals surface area contributed by atoms with Gasteiger partial charge < -0.3 is 0 Å². The molecule has 18 heavy (non-hydrogen) atoms. The molecule has 2 aromatic carbocycles. The Kier molecular flexibility index (Phi) is 3.69. The van der Waals surface area contributed by atoms with Gasteiger partial charge in [0.05, 0.1) is 12.0 Å². The second kappa shape index (κ2) is 5.25. The molecule has 0 saturated carbocycles. The van der Waals surface area contributed by atoms with E-state index >= 15 is 0 Å². The number of hydrogen-bond donors (Lipinski definition) is 0. The zero-order chi connectivity index (χ0) is 13.1. The minimum Gasteiger partial charge on any atom is -0.197 e. The van der Waals surface area contributed by atoms with Gasteiger partial charge in [-0.1, -0.05) is 48.0 Å². The third-order valence-electron chi connectivity index (χ3n) is 3.10. The van der Waals surface area contributed by atoms with Crippen LogP contribution in [0.2, 0.25) is 5.02 Å². The smallest absolute Gasteiger partial charge is 0.0979 e. The molecule has 0 spiro atoms. The highest BCUT2D eigenvalue weighted by molar-refractivity contribution is 6.31. The van der Waals surface area contributed by atoms with E-state index in [9.17, 15) is 5.26 Å². The number of nitriles is 1. The van der Waals surface area contributed by atoms with Gasteiger partial charge in [-0.05, 0) is 42.2 Å². The lowest BCUT2D eigenvalue weighted by molar-refractivity contribution is 1.02. The molecule has 1 atom stereocenters. The quantitative estimate of drug-likeness (QED) is 0.769. The fourth-order valence-corrected chi connectivity index (χ4v) is 2.43. The van der Waals surface area contributed by atoms with Crippen LogP contribution in [0.4, 0.5) is 0 Å². The standard InChI is InChI=1S/C16H14ClN/c1-11-7-8-14(16(17)9-11)15(10-18)13-6-4-3-5-12(13)2/h3-9,15H,1-2H3. The summed E-state index contributed by atoms with van der Waals surface area (Å²) in [6, 6.07) is 16.1. The highest BCUT2D eigenvalue weighted by Gasteiger charge is 2.17. The number of aryl methyl sites for hydroxylation is 2. The first kappa shape index (κ1) is 12.7. The Hall–Kier alpha value is -1.78. The van der Waals surface area contributed by atoms with E-state index in [-0.39, 0.29) is 5.92 Å². The molecule has 0 aliphatic rings. The first-order valence-corrected chi connectivity index (χ1v) is 6.22. The molecule has 0 fully saturated rings. The van der Waals surface area contributed by atoms with E-state index in [0.717, 1.165) is 22.3 Å². The highest BCUT2D eigenvalue weighted by atomic mass is 35.5. The molecular formula is C16H14ClN. The number of rotatable bonds is 2. The van der Waals surface area contributed by atoms with Crippen molar-refractivity contribution in [2.45, 2.75) is 19.8 Å². The van der Waals surface area contributed by atoms with Crippen LogP contribution < -0.4 is 0 Å². The van der Waals surface area contributed by atoms with Crippen molar-refractivity contribution in [3.63, 3.8) is 0 Å². The van der Waals surface area contributed by atoms with Crippen molar-refractivity contribution in [3.05, 3.63) is 69.7 Å². The summed E-state index contributed by atoms with van der Waals surface area (Å²) in [4.78, 5) is 0. The van der Waals surface area contributed by atoms with Crippen LogP contribution in [-0.2, 0) is 0 Å². The molecule has 0 N–H and O–H groups in total. The summed E-state index contributed by atoms with van der Waals surface area (Å²) in [7, 11) is 0. The van der Waals surface area contributed by atoms with Crippen molar-refractivity contribution < 1.29 is 0 Å². The third-order valence-corrected chi connectivity index (χ3v) is 3.42. The van der Waals surface area contributed by atoms with Crippen LogP contribution in [0, 0.1) is 25.2 Å². The van der Waals surface area contributed by atoms with Gasteiger partial charge in [-0.25, -0.2) is 0 Å². The van der Waals surface area contributed by atoms with Gasteiger partial charge in [0, 0.05) is 5.02 Å². The van der Waals surface area contributed by atoms with Crippen molar-refractivity contribution in [2.24, 2.45) is 0 Å². The van der Waals surface area contributed by atoms with E-state index in [1.165, 1.54) is 0 Å². The van der Waals surface area contributed by atoms with Gasteiger partial charge >= 0.3 is 0 Å². The molecule has 2 heteroatoms. The molecule has 90 valence electrons. The second-order valence-corrected chi connectivity index (χ2v) is 4.85. The van der Waals surface area contributed by atoms with Crippen LogP contribution in [0.25, 0.3) is 0 Å². The normalized spacial score (nSPS) is 11.9. The molecule has 1 nitrogen and oxygen atoms in total. The Balaban J connectivity index is 2.54. The van der Waals surface area contributed by atoms with Crippen LogP contribution in [0.3, 0.4) is 0 Å². The first-order valence-electron chi connectivity index (χ1n) is 5.84. The molecular weight excluding hydrogens is 242 g/mol. The lowest BCUT2D eigenvalue weighted by Crippen LogP contribution is -2.01. The van der Waals surface area contributed by atoms with Gasteiger partial charge in [0.15, 0.2) is 0 Å². The summed E-state index contributed by atoms with van der Waals surface area (Å²) in [5.41, 5.74) is 4.11. The lowest BCUT2D eigenvalue weighted by Gasteiger charge is -2.14. The fraction of sp³-hybridized carbons (Fsp3) is 0.188. The Morgan fingerprint density at radius 2 is 1.78 bits per heavy atom. The van der Waals surface area contributed by atoms with Gasteiger partial charge in [0.2, 0.25) is 0 Å². The molecule has 0 bridgehead atoms.